The number of benzene rings is 1. The van der Waals surface area contributed by atoms with E-state index in [1.807, 2.05) is 43.0 Å². The highest BCUT2D eigenvalue weighted by Gasteiger charge is 2.42. The number of unbranched alkanes of at least 4 members (excludes halogenated alkanes) is 1. The maximum Gasteiger partial charge on any atom is 0.315 e. The lowest BCUT2D eigenvalue weighted by Gasteiger charge is -2.16. The fraction of sp³-hybridized carbons (Fsp3) is 0.538. The number of nitrogen functional groups attached to an aromatic ring is 1. The number of nitrogens with one attached hydrogen (secondary N) is 3. The third kappa shape index (κ3) is 5.62. The van der Waals surface area contributed by atoms with Gasteiger partial charge in [-0.2, -0.15) is 11.8 Å². The Kier molecular flexibility index (Phi) is 7.99. The first kappa shape index (κ1) is 25.6. The Labute approximate surface area is 220 Å². The molecule has 4 heterocycles. The molecule has 2 fully saturated rings. The number of nitrogens with zero attached hydrogens (tertiary/aromatic N) is 3. The van der Waals surface area contributed by atoms with Gasteiger partial charge in [0.2, 0.25) is 5.91 Å². The molecule has 2 aliphatic heterocycles. The maximum atomic E-state index is 12.4. The summed E-state index contributed by atoms with van der Waals surface area (Å²) in [7, 11) is 0. The van der Waals surface area contributed by atoms with Gasteiger partial charge in [-0.05, 0) is 32.3 Å². The van der Waals surface area contributed by atoms with Crippen molar-refractivity contribution in [2.45, 2.75) is 69.5 Å². The van der Waals surface area contributed by atoms with Gasteiger partial charge in [0.1, 0.15) is 17.9 Å². The first-order chi connectivity index (χ1) is 18.0. The fourth-order valence-corrected chi connectivity index (χ4v) is 6.82. The van der Waals surface area contributed by atoms with Crippen molar-refractivity contribution >= 4 is 51.5 Å². The number of rotatable bonds is 12. The number of hydrogen-bond donors (Lipinski definition) is 4. The number of thioether (sulfide) groups is 1. The van der Waals surface area contributed by atoms with Gasteiger partial charge in [0.05, 0.1) is 23.1 Å². The number of para-hydroxylation sites is 1. The van der Waals surface area contributed by atoms with E-state index in [4.69, 9.17) is 15.5 Å². The molecule has 3 atom stereocenters. The number of amides is 3. The first-order valence-electron chi connectivity index (χ1n) is 13.1. The Bertz CT molecular complexity index is 1280. The maximum absolute atomic E-state index is 12.4. The normalized spacial score (nSPS) is 20.8. The van der Waals surface area contributed by atoms with Crippen LogP contribution in [0, 0.1) is 0 Å². The van der Waals surface area contributed by atoms with E-state index < -0.39 is 0 Å². The summed E-state index contributed by atoms with van der Waals surface area (Å²) in [4.78, 5) is 33.2. The van der Waals surface area contributed by atoms with Crippen LogP contribution in [0.2, 0.25) is 0 Å². The van der Waals surface area contributed by atoms with E-state index in [0.29, 0.717) is 49.3 Å². The lowest BCUT2D eigenvalue weighted by molar-refractivity contribution is -0.121. The third-order valence-corrected chi connectivity index (χ3v) is 8.59. The van der Waals surface area contributed by atoms with E-state index >= 15 is 0 Å². The van der Waals surface area contributed by atoms with Crippen molar-refractivity contribution in [1.29, 1.82) is 0 Å². The molecule has 3 aromatic rings. The highest BCUT2D eigenvalue weighted by Crippen LogP contribution is 2.33. The molecule has 198 valence electrons. The van der Waals surface area contributed by atoms with Gasteiger partial charge in [0, 0.05) is 42.5 Å². The van der Waals surface area contributed by atoms with Crippen LogP contribution in [0.4, 0.5) is 10.6 Å². The van der Waals surface area contributed by atoms with Crippen LogP contribution < -0.4 is 21.7 Å². The summed E-state index contributed by atoms with van der Waals surface area (Å²) < 4.78 is 7.82. The van der Waals surface area contributed by atoms with E-state index in [1.165, 1.54) is 0 Å². The molecule has 5 N–H and O–H groups in total. The molecule has 5 rings (SSSR count). The number of urea groups is 1. The second kappa shape index (κ2) is 11.6. The number of carbonyl (C=O) groups excluding carboxylic acids is 2. The van der Waals surface area contributed by atoms with Crippen LogP contribution in [-0.2, 0) is 22.7 Å². The topological polar surface area (TPSA) is 136 Å². The number of anilines is 1. The number of fused-ring (bicyclic) bond motifs is 4. The fourth-order valence-electron chi connectivity index (χ4n) is 5.28. The van der Waals surface area contributed by atoms with E-state index in [9.17, 15) is 9.59 Å². The van der Waals surface area contributed by atoms with Crippen LogP contribution in [0.25, 0.3) is 21.9 Å². The van der Waals surface area contributed by atoms with Crippen molar-refractivity contribution in [2.75, 3.05) is 24.6 Å². The van der Waals surface area contributed by atoms with E-state index in [0.717, 1.165) is 53.7 Å². The number of pyridine rings is 1. The largest absolute Gasteiger partial charge is 0.382 e. The molecule has 37 heavy (non-hydrogen) atoms. The van der Waals surface area contributed by atoms with Crippen molar-refractivity contribution in [3.05, 3.63) is 30.1 Å². The zero-order valence-corrected chi connectivity index (χ0v) is 22.0. The highest BCUT2D eigenvalue weighted by atomic mass is 32.2. The van der Waals surface area contributed by atoms with E-state index in [2.05, 4.69) is 25.5 Å². The van der Waals surface area contributed by atoms with Crippen LogP contribution in [0.5, 0.6) is 0 Å². The quantitative estimate of drug-likeness (QED) is 0.211. The minimum Gasteiger partial charge on any atom is -0.382 e. The predicted molar refractivity (Wildman–Crippen MR) is 146 cm³/mol. The van der Waals surface area contributed by atoms with Gasteiger partial charge >= 0.3 is 6.03 Å². The van der Waals surface area contributed by atoms with Gasteiger partial charge in [0.15, 0.2) is 5.82 Å². The van der Waals surface area contributed by atoms with Crippen molar-refractivity contribution in [2.24, 2.45) is 0 Å². The molecule has 0 bridgehead atoms. The zero-order valence-electron chi connectivity index (χ0n) is 21.2. The Morgan fingerprint density at radius 2 is 2.11 bits per heavy atom. The second-order valence-electron chi connectivity index (χ2n) is 9.60. The van der Waals surface area contributed by atoms with E-state index in [1.54, 1.807) is 0 Å². The van der Waals surface area contributed by atoms with Crippen LogP contribution >= 0.6 is 11.8 Å². The molecule has 0 unspecified atom stereocenters. The van der Waals surface area contributed by atoms with Crippen molar-refractivity contribution < 1.29 is 14.3 Å². The van der Waals surface area contributed by atoms with E-state index in [-0.39, 0.29) is 24.0 Å². The average Bonchev–Trinajstić information content (AvgIpc) is 3.56. The Balaban J connectivity index is 1.12. The molecular formula is C26H35N7O3S. The summed E-state index contributed by atoms with van der Waals surface area (Å²) in [6.07, 6.45) is 4.14. The molecule has 10 nitrogen and oxygen atoms in total. The summed E-state index contributed by atoms with van der Waals surface area (Å²) in [6.45, 7) is 4.23. The molecule has 0 radical (unpaired) electrons. The zero-order chi connectivity index (χ0) is 25.8. The molecule has 0 saturated carbocycles. The summed E-state index contributed by atoms with van der Waals surface area (Å²) in [5.74, 6) is 2.27. The van der Waals surface area contributed by atoms with Crippen molar-refractivity contribution in [3.8, 4) is 0 Å². The number of carbonyl (C=O) groups is 2. The lowest BCUT2D eigenvalue weighted by Crippen LogP contribution is -2.36. The predicted octanol–water partition coefficient (Wildman–Crippen LogP) is 2.94. The van der Waals surface area contributed by atoms with Gasteiger partial charge in [-0.25, -0.2) is 14.8 Å². The minimum atomic E-state index is -0.0540. The Hall–Kier alpha value is -3.05. The Morgan fingerprint density at radius 3 is 2.97 bits per heavy atom. The number of hydrogen-bond acceptors (Lipinski definition) is 7. The molecule has 0 spiro atoms. The number of aromatic nitrogens is 3. The lowest BCUT2D eigenvalue weighted by atomic mass is 10.0. The molecule has 3 amide bonds. The number of aryl methyl sites for hydroxylation is 1. The van der Waals surface area contributed by atoms with Crippen molar-refractivity contribution in [1.82, 2.24) is 30.5 Å². The summed E-state index contributed by atoms with van der Waals surface area (Å²) in [5, 5.41) is 10.5. The number of nitrogens with two attached hydrogens (primary N) is 1. The number of imidazole rings is 1. The summed E-state index contributed by atoms with van der Waals surface area (Å²) in [6, 6.07) is 8.35. The molecule has 2 aliphatic rings. The van der Waals surface area contributed by atoms with Gasteiger partial charge in [-0.3, -0.25) is 4.79 Å². The summed E-state index contributed by atoms with van der Waals surface area (Å²) in [5.41, 5.74) is 8.74. The Morgan fingerprint density at radius 1 is 1.24 bits per heavy atom. The molecule has 2 aromatic heterocycles. The molecular weight excluding hydrogens is 490 g/mol. The SMILES string of the molecule is CCOCc1nc2c(N)nc3ccccc3c2n1CCCNC(=O)CCCC[C@@H]1SC[C@@H]2NC(=O)N[C@@H]21. The van der Waals surface area contributed by atoms with Gasteiger partial charge in [0.25, 0.3) is 0 Å². The van der Waals surface area contributed by atoms with Crippen LogP contribution in [-0.4, -0.2) is 62.7 Å². The minimum absolute atomic E-state index is 0.0540. The van der Waals surface area contributed by atoms with Gasteiger partial charge in [-0.15, -0.1) is 0 Å². The monoisotopic (exact) mass is 525 g/mol. The molecule has 11 heteroatoms. The molecule has 1 aromatic carbocycles. The first-order valence-corrected chi connectivity index (χ1v) is 14.2. The molecule has 0 aliphatic carbocycles. The smallest absolute Gasteiger partial charge is 0.315 e. The van der Waals surface area contributed by atoms with Crippen LogP contribution in [0.1, 0.15) is 44.9 Å². The molecule has 2 saturated heterocycles. The second-order valence-corrected chi connectivity index (χ2v) is 10.9. The average molecular weight is 526 g/mol. The van der Waals surface area contributed by atoms with Crippen LogP contribution in [0.3, 0.4) is 0 Å². The number of ether oxygens (including phenoxy) is 1. The van der Waals surface area contributed by atoms with Crippen LogP contribution in [0.15, 0.2) is 24.3 Å². The van der Waals surface area contributed by atoms with Crippen molar-refractivity contribution in [3.63, 3.8) is 0 Å². The summed E-state index contributed by atoms with van der Waals surface area (Å²) >= 11 is 1.91. The third-order valence-electron chi connectivity index (χ3n) is 7.09. The van der Waals surface area contributed by atoms with Gasteiger partial charge < -0.3 is 31.0 Å². The standard InChI is InChI=1S/C26H35N7O3S/c1-2-36-14-20-31-23-24(16-8-3-4-9-17(16)29-25(23)27)33(20)13-7-12-28-21(34)11-6-5-10-19-22-18(15-37-19)30-26(35)32-22/h3-4,8-9,18-19,22H,2,5-7,10-15H2,1H3,(H2,27,29)(H,28,34)(H2,30,32,35)/t18-,19-,22-/m0/s1. The van der Waals surface area contributed by atoms with Gasteiger partial charge in [-0.1, -0.05) is 24.6 Å². The highest BCUT2D eigenvalue weighted by molar-refractivity contribution is 8.00.